The van der Waals surface area contributed by atoms with Crippen molar-refractivity contribution in [1.29, 1.82) is 5.41 Å². The van der Waals surface area contributed by atoms with Crippen molar-refractivity contribution in [2.75, 3.05) is 0 Å². The Labute approximate surface area is 94.3 Å². The molecule has 0 aliphatic carbocycles. The number of pyridine rings is 1. The number of aromatic nitrogens is 3. The molecule has 0 aliphatic rings. The largest absolute Gasteiger partial charge is 0.384 e. The zero-order chi connectivity index (χ0) is 10.7. The molecule has 0 aliphatic heterocycles. The van der Waals surface area contributed by atoms with Gasteiger partial charge in [-0.15, -0.1) is 10.2 Å². The van der Waals surface area contributed by atoms with Crippen LogP contribution < -0.4 is 5.73 Å². The Bertz CT molecular complexity index is 468. The van der Waals surface area contributed by atoms with Crippen molar-refractivity contribution >= 4 is 28.9 Å². The maximum absolute atomic E-state index is 7.41. The number of rotatable bonds is 3. The highest BCUT2D eigenvalue weighted by molar-refractivity contribution is 8.01. The fourth-order valence-electron chi connectivity index (χ4n) is 0.985. The van der Waals surface area contributed by atoms with Crippen molar-refractivity contribution in [3.8, 4) is 0 Å². The number of nitrogens with two attached hydrogens (primary N) is 1. The molecular weight excluding hydrogens is 230 g/mol. The van der Waals surface area contributed by atoms with E-state index in [9.17, 15) is 0 Å². The van der Waals surface area contributed by atoms with Crippen molar-refractivity contribution in [2.45, 2.75) is 9.24 Å². The van der Waals surface area contributed by atoms with Gasteiger partial charge >= 0.3 is 0 Å². The molecule has 0 amide bonds. The van der Waals surface area contributed by atoms with E-state index in [1.807, 2.05) is 0 Å². The normalized spacial score (nSPS) is 10.1. The Morgan fingerprint density at radius 1 is 1.53 bits per heavy atom. The van der Waals surface area contributed by atoms with E-state index in [4.69, 9.17) is 11.1 Å². The van der Waals surface area contributed by atoms with Crippen molar-refractivity contribution in [1.82, 2.24) is 15.2 Å². The lowest BCUT2D eigenvalue weighted by Crippen LogP contribution is -2.12. The standard InChI is InChI=1S/C8H7N5S2/c9-7(10)5-1-2-11-3-6(5)15-8-13-12-4-14-8/h1-4H,(H3,9,10). The van der Waals surface area contributed by atoms with Gasteiger partial charge in [0, 0.05) is 22.9 Å². The van der Waals surface area contributed by atoms with Crippen LogP contribution in [0, 0.1) is 5.41 Å². The highest BCUT2D eigenvalue weighted by atomic mass is 32.2. The van der Waals surface area contributed by atoms with Gasteiger partial charge in [0.25, 0.3) is 0 Å². The molecule has 2 aromatic heterocycles. The number of hydrogen-bond donors (Lipinski definition) is 2. The second kappa shape index (κ2) is 4.37. The van der Waals surface area contributed by atoms with Crippen molar-refractivity contribution in [3.05, 3.63) is 29.5 Å². The van der Waals surface area contributed by atoms with E-state index >= 15 is 0 Å². The maximum Gasteiger partial charge on any atom is 0.178 e. The summed E-state index contributed by atoms with van der Waals surface area (Å²) in [5, 5.41) is 15.0. The van der Waals surface area contributed by atoms with Crippen molar-refractivity contribution in [2.24, 2.45) is 5.73 Å². The molecule has 0 saturated heterocycles. The molecule has 3 N–H and O–H groups in total. The average Bonchev–Trinajstić information content (AvgIpc) is 2.71. The summed E-state index contributed by atoms with van der Waals surface area (Å²) in [6.07, 6.45) is 3.28. The molecule has 2 heterocycles. The topological polar surface area (TPSA) is 88.5 Å². The van der Waals surface area contributed by atoms with Gasteiger partial charge in [-0.3, -0.25) is 10.4 Å². The lowest BCUT2D eigenvalue weighted by molar-refractivity contribution is 1.01. The van der Waals surface area contributed by atoms with Crippen LogP contribution in [0.15, 0.2) is 33.2 Å². The molecule has 0 aromatic carbocycles. The van der Waals surface area contributed by atoms with Crippen LogP contribution in [0.1, 0.15) is 5.56 Å². The van der Waals surface area contributed by atoms with Gasteiger partial charge in [0.05, 0.1) is 0 Å². The maximum atomic E-state index is 7.41. The number of nitrogen functional groups attached to an aromatic ring is 1. The lowest BCUT2D eigenvalue weighted by atomic mass is 10.2. The first-order valence-electron chi connectivity index (χ1n) is 4.00. The molecule has 0 saturated carbocycles. The predicted molar refractivity (Wildman–Crippen MR) is 59.3 cm³/mol. The average molecular weight is 237 g/mol. The van der Waals surface area contributed by atoms with Crippen LogP contribution in [-0.2, 0) is 0 Å². The molecule has 0 fully saturated rings. The Morgan fingerprint density at radius 3 is 3.07 bits per heavy atom. The van der Waals surface area contributed by atoms with Crippen LogP contribution in [-0.4, -0.2) is 21.0 Å². The van der Waals surface area contributed by atoms with Crippen LogP contribution >= 0.6 is 23.1 Å². The summed E-state index contributed by atoms with van der Waals surface area (Å²) in [5.74, 6) is 0.0319. The third kappa shape index (κ3) is 2.31. The van der Waals surface area contributed by atoms with Gasteiger partial charge in [-0.05, 0) is 6.07 Å². The Hall–Kier alpha value is -1.47. The molecule has 2 rings (SSSR count). The molecule has 2 aromatic rings. The second-order valence-electron chi connectivity index (χ2n) is 2.59. The first-order valence-corrected chi connectivity index (χ1v) is 5.69. The minimum atomic E-state index is 0.0319. The van der Waals surface area contributed by atoms with Crippen molar-refractivity contribution < 1.29 is 0 Å². The minimum Gasteiger partial charge on any atom is -0.384 e. The summed E-state index contributed by atoms with van der Waals surface area (Å²) < 4.78 is 0.811. The van der Waals surface area contributed by atoms with E-state index < -0.39 is 0 Å². The second-order valence-corrected chi connectivity index (χ2v) is 4.71. The quantitative estimate of drug-likeness (QED) is 0.621. The van der Waals surface area contributed by atoms with Crippen molar-refractivity contribution in [3.63, 3.8) is 0 Å². The van der Waals surface area contributed by atoms with Gasteiger partial charge in [-0.25, -0.2) is 0 Å². The van der Waals surface area contributed by atoms with E-state index in [0.717, 1.165) is 9.24 Å². The number of amidine groups is 1. The van der Waals surface area contributed by atoms with E-state index in [2.05, 4.69) is 15.2 Å². The van der Waals surface area contributed by atoms with Crippen LogP contribution in [0.4, 0.5) is 0 Å². The molecule has 5 nitrogen and oxygen atoms in total. The zero-order valence-electron chi connectivity index (χ0n) is 7.54. The van der Waals surface area contributed by atoms with Gasteiger partial charge in [0.15, 0.2) is 4.34 Å². The SMILES string of the molecule is N=C(N)c1ccncc1Sc1nncs1. The summed E-state index contributed by atoms with van der Waals surface area (Å²) in [7, 11) is 0. The fraction of sp³-hybridized carbons (Fsp3) is 0. The molecule has 15 heavy (non-hydrogen) atoms. The first kappa shape index (κ1) is 10.1. The Balaban J connectivity index is 2.32. The summed E-state index contributed by atoms with van der Waals surface area (Å²) in [5.41, 5.74) is 7.78. The highest BCUT2D eigenvalue weighted by Crippen LogP contribution is 2.30. The van der Waals surface area contributed by atoms with Gasteiger partial charge in [0.2, 0.25) is 0 Å². The summed E-state index contributed by atoms with van der Waals surface area (Å²) in [6.45, 7) is 0. The molecule has 0 radical (unpaired) electrons. The van der Waals surface area contributed by atoms with Gasteiger partial charge in [-0.1, -0.05) is 23.1 Å². The molecule has 7 heteroatoms. The van der Waals surface area contributed by atoms with Crippen LogP contribution in [0.2, 0.25) is 0 Å². The Kier molecular flexibility index (Phi) is 2.93. The highest BCUT2D eigenvalue weighted by Gasteiger charge is 2.08. The van der Waals surface area contributed by atoms with Crippen LogP contribution in [0.25, 0.3) is 0 Å². The molecule has 0 bridgehead atoms. The summed E-state index contributed by atoms with van der Waals surface area (Å²) in [6, 6.07) is 1.71. The van der Waals surface area contributed by atoms with E-state index in [1.165, 1.54) is 23.1 Å². The third-order valence-electron chi connectivity index (χ3n) is 1.61. The third-order valence-corrected chi connectivity index (χ3v) is 3.44. The minimum absolute atomic E-state index is 0.0319. The first-order chi connectivity index (χ1) is 7.27. The molecule has 0 spiro atoms. The van der Waals surface area contributed by atoms with Gasteiger partial charge in [0.1, 0.15) is 11.3 Å². The van der Waals surface area contributed by atoms with Crippen LogP contribution in [0.5, 0.6) is 0 Å². The molecule has 0 unspecified atom stereocenters. The number of nitrogens with one attached hydrogen (secondary N) is 1. The van der Waals surface area contributed by atoms with Crippen LogP contribution in [0.3, 0.4) is 0 Å². The predicted octanol–water partition coefficient (Wildman–Crippen LogP) is 1.37. The zero-order valence-corrected chi connectivity index (χ0v) is 9.18. The number of hydrogen-bond acceptors (Lipinski definition) is 6. The van der Waals surface area contributed by atoms with E-state index in [-0.39, 0.29) is 5.84 Å². The summed E-state index contributed by atoms with van der Waals surface area (Å²) in [4.78, 5) is 4.81. The molecule has 76 valence electrons. The number of nitrogens with zero attached hydrogens (tertiary/aromatic N) is 3. The fourth-order valence-corrected chi connectivity index (χ4v) is 2.53. The smallest absolute Gasteiger partial charge is 0.178 e. The lowest BCUT2D eigenvalue weighted by Gasteiger charge is -2.03. The van der Waals surface area contributed by atoms with E-state index in [0.29, 0.717) is 5.56 Å². The Morgan fingerprint density at radius 2 is 2.40 bits per heavy atom. The summed E-state index contributed by atoms with van der Waals surface area (Å²) >= 11 is 2.85. The molecular formula is C8H7N5S2. The molecule has 0 atom stereocenters. The van der Waals surface area contributed by atoms with Gasteiger partial charge < -0.3 is 5.73 Å². The monoisotopic (exact) mass is 237 g/mol. The van der Waals surface area contributed by atoms with Gasteiger partial charge in [-0.2, -0.15) is 0 Å². The van der Waals surface area contributed by atoms with E-state index in [1.54, 1.807) is 24.0 Å².